The van der Waals surface area contributed by atoms with Gasteiger partial charge in [-0.2, -0.15) is 0 Å². The maximum absolute atomic E-state index is 6.15. The molecule has 0 bridgehead atoms. The van der Waals surface area contributed by atoms with E-state index in [1.807, 2.05) is 18.2 Å². The van der Waals surface area contributed by atoms with E-state index in [9.17, 15) is 0 Å². The average Bonchev–Trinajstić information content (AvgIpc) is 3.12. The number of nitrogens with one attached hydrogen (secondary N) is 2. The highest BCUT2D eigenvalue weighted by molar-refractivity contribution is 6.30. The van der Waals surface area contributed by atoms with Crippen LogP contribution in [0, 0.1) is 0 Å². The maximum atomic E-state index is 6.15. The molecular formula is C18H29ClN4O3. The fourth-order valence-corrected chi connectivity index (χ4v) is 3.05. The van der Waals surface area contributed by atoms with Crippen molar-refractivity contribution in [3.8, 4) is 5.75 Å². The van der Waals surface area contributed by atoms with Crippen molar-refractivity contribution >= 4 is 23.2 Å². The van der Waals surface area contributed by atoms with Gasteiger partial charge in [0.1, 0.15) is 5.75 Å². The molecule has 1 fully saturated rings. The zero-order valence-corrected chi connectivity index (χ0v) is 16.5. The zero-order chi connectivity index (χ0) is 18.8. The van der Waals surface area contributed by atoms with Gasteiger partial charge in [0, 0.05) is 44.9 Å². The van der Waals surface area contributed by atoms with Crippen molar-refractivity contribution in [3.05, 3.63) is 23.2 Å². The van der Waals surface area contributed by atoms with Crippen molar-refractivity contribution in [3.63, 3.8) is 0 Å². The molecule has 26 heavy (non-hydrogen) atoms. The Labute approximate surface area is 160 Å². The Balaban J connectivity index is 1.80. The number of hydrogen-bond acceptors (Lipinski definition) is 5. The number of rotatable bonds is 9. The molecule has 0 aromatic heterocycles. The predicted molar refractivity (Wildman–Crippen MR) is 106 cm³/mol. The molecule has 146 valence electrons. The summed E-state index contributed by atoms with van der Waals surface area (Å²) in [6, 6.07) is 6.01. The molecule has 8 heteroatoms. The topological polar surface area (TPSA) is 67.4 Å². The molecule has 2 rings (SSSR count). The number of methoxy groups -OCH3 is 2. The summed E-state index contributed by atoms with van der Waals surface area (Å²) in [5.41, 5.74) is 1.03. The lowest BCUT2D eigenvalue weighted by Gasteiger charge is -2.22. The summed E-state index contributed by atoms with van der Waals surface area (Å²) in [6.45, 7) is 4.32. The smallest absolute Gasteiger partial charge is 0.191 e. The minimum atomic E-state index is 0.305. The van der Waals surface area contributed by atoms with Crippen LogP contribution in [-0.2, 0) is 9.47 Å². The number of hydrogen-bond donors (Lipinski definition) is 2. The number of halogens is 1. The van der Waals surface area contributed by atoms with Crippen LogP contribution in [0.2, 0.25) is 5.02 Å². The quantitative estimate of drug-likeness (QED) is 0.384. The van der Waals surface area contributed by atoms with Crippen LogP contribution in [0.5, 0.6) is 5.75 Å². The Hall–Kier alpha value is -1.70. The maximum Gasteiger partial charge on any atom is 0.191 e. The third kappa shape index (κ3) is 6.23. The van der Waals surface area contributed by atoms with E-state index in [2.05, 4.69) is 20.5 Å². The van der Waals surface area contributed by atoms with E-state index in [0.717, 1.165) is 36.9 Å². The van der Waals surface area contributed by atoms with Gasteiger partial charge in [-0.05, 0) is 24.6 Å². The number of aliphatic imine (C=N–C) groups is 1. The normalized spacial score (nSPS) is 17.5. The van der Waals surface area contributed by atoms with Crippen LogP contribution in [0.25, 0.3) is 0 Å². The van der Waals surface area contributed by atoms with Gasteiger partial charge in [-0.3, -0.25) is 4.99 Å². The third-order valence-electron chi connectivity index (χ3n) is 4.20. The van der Waals surface area contributed by atoms with Gasteiger partial charge in [0.25, 0.3) is 0 Å². The Bertz CT molecular complexity index is 586. The predicted octanol–water partition coefficient (Wildman–Crippen LogP) is 1.76. The molecule has 1 aliphatic heterocycles. The molecule has 1 unspecified atom stereocenters. The summed E-state index contributed by atoms with van der Waals surface area (Å²) in [5, 5.41) is 7.44. The summed E-state index contributed by atoms with van der Waals surface area (Å²) in [4.78, 5) is 6.56. The first-order chi connectivity index (χ1) is 12.7. The molecule has 0 aliphatic carbocycles. The van der Waals surface area contributed by atoms with Gasteiger partial charge < -0.3 is 29.7 Å². The molecule has 0 spiro atoms. The van der Waals surface area contributed by atoms with Crippen LogP contribution in [0.3, 0.4) is 0 Å². The van der Waals surface area contributed by atoms with Gasteiger partial charge in [-0.25, -0.2) is 0 Å². The fraction of sp³-hybridized carbons (Fsp3) is 0.611. The molecule has 1 aliphatic rings. The van der Waals surface area contributed by atoms with Crippen molar-refractivity contribution < 1.29 is 14.2 Å². The first-order valence-corrected chi connectivity index (χ1v) is 9.18. The first-order valence-electron chi connectivity index (χ1n) is 8.80. The Morgan fingerprint density at radius 3 is 2.88 bits per heavy atom. The highest BCUT2D eigenvalue weighted by Gasteiger charge is 2.25. The van der Waals surface area contributed by atoms with E-state index in [-0.39, 0.29) is 0 Å². The molecular weight excluding hydrogens is 356 g/mol. The molecule has 0 amide bonds. The van der Waals surface area contributed by atoms with Crippen LogP contribution >= 0.6 is 11.6 Å². The van der Waals surface area contributed by atoms with Crippen LogP contribution in [0.4, 0.5) is 5.69 Å². The second kappa shape index (κ2) is 11.1. The van der Waals surface area contributed by atoms with E-state index >= 15 is 0 Å². The van der Waals surface area contributed by atoms with Gasteiger partial charge in [0.15, 0.2) is 5.96 Å². The lowest BCUT2D eigenvalue weighted by molar-refractivity contribution is 0.0733. The highest BCUT2D eigenvalue weighted by atomic mass is 35.5. The lowest BCUT2D eigenvalue weighted by Crippen LogP contribution is -2.45. The summed E-state index contributed by atoms with van der Waals surface area (Å²) < 4.78 is 15.9. The highest BCUT2D eigenvalue weighted by Crippen LogP contribution is 2.33. The van der Waals surface area contributed by atoms with Crippen LogP contribution in [-0.4, -0.2) is 72.7 Å². The monoisotopic (exact) mass is 384 g/mol. The van der Waals surface area contributed by atoms with E-state index in [0.29, 0.717) is 37.4 Å². The number of anilines is 1. The van der Waals surface area contributed by atoms with Gasteiger partial charge in [0.05, 0.1) is 32.6 Å². The average molecular weight is 385 g/mol. The van der Waals surface area contributed by atoms with Crippen molar-refractivity contribution in [2.45, 2.75) is 12.5 Å². The van der Waals surface area contributed by atoms with Crippen LogP contribution < -0.4 is 20.3 Å². The van der Waals surface area contributed by atoms with Crippen molar-refractivity contribution in [1.29, 1.82) is 0 Å². The first kappa shape index (κ1) is 20.6. The van der Waals surface area contributed by atoms with Crippen molar-refractivity contribution in [2.24, 2.45) is 4.99 Å². The lowest BCUT2D eigenvalue weighted by atomic mass is 10.2. The van der Waals surface area contributed by atoms with Gasteiger partial charge in [-0.1, -0.05) is 11.6 Å². The van der Waals surface area contributed by atoms with E-state index in [4.69, 9.17) is 25.8 Å². The number of benzene rings is 1. The number of ether oxygens (including phenoxy) is 3. The largest absolute Gasteiger partial charge is 0.495 e. The fourth-order valence-electron chi connectivity index (χ4n) is 2.88. The standard InChI is InChI=1S/C18H29ClN4O3/c1-20-18(21-7-9-26-11-10-24-2)22-15-6-8-23(13-15)16-12-14(19)4-5-17(16)25-3/h4-5,12,15H,6-11,13H2,1-3H3,(H2,20,21,22). The van der Waals surface area contributed by atoms with E-state index < -0.39 is 0 Å². The molecule has 1 heterocycles. The SMILES string of the molecule is CN=C(NCCOCCOC)NC1CCN(c2cc(Cl)ccc2OC)C1. The second-order valence-electron chi connectivity index (χ2n) is 6.00. The molecule has 7 nitrogen and oxygen atoms in total. The Morgan fingerprint density at radius 2 is 2.15 bits per heavy atom. The molecule has 1 aromatic carbocycles. The third-order valence-corrected chi connectivity index (χ3v) is 4.44. The second-order valence-corrected chi connectivity index (χ2v) is 6.43. The Kier molecular flexibility index (Phi) is 8.80. The van der Waals surface area contributed by atoms with E-state index in [1.54, 1.807) is 21.3 Å². The molecule has 2 N–H and O–H groups in total. The molecule has 1 aromatic rings. The minimum absolute atomic E-state index is 0.305. The van der Waals surface area contributed by atoms with Gasteiger partial charge >= 0.3 is 0 Å². The van der Waals surface area contributed by atoms with Crippen LogP contribution in [0.1, 0.15) is 6.42 Å². The van der Waals surface area contributed by atoms with Crippen LogP contribution in [0.15, 0.2) is 23.2 Å². The van der Waals surface area contributed by atoms with Crippen molar-refractivity contribution in [1.82, 2.24) is 10.6 Å². The minimum Gasteiger partial charge on any atom is -0.495 e. The summed E-state index contributed by atoms with van der Waals surface area (Å²) in [5.74, 6) is 1.62. The zero-order valence-electron chi connectivity index (χ0n) is 15.8. The number of nitrogens with zero attached hydrogens (tertiary/aromatic N) is 2. The molecule has 0 saturated carbocycles. The summed E-state index contributed by atoms with van der Waals surface area (Å²) in [6.07, 6.45) is 1.01. The molecule has 1 saturated heterocycles. The van der Waals surface area contributed by atoms with Gasteiger partial charge in [-0.15, -0.1) is 0 Å². The summed E-state index contributed by atoms with van der Waals surface area (Å²) in [7, 11) is 5.12. The van der Waals surface area contributed by atoms with Gasteiger partial charge in [0.2, 0.25) is 0 Å². The molecule has 1 atom stereocenters. The Morgan fingerprint density at radius 1 is 1.31 bits per heavy atom. The van der Waals surface area contributed by atoms with E-state index in [1.165, 1.54) is 0 Å². The number of guanidine groups is 1. The molecule has 0 radical (unpaired) electrons. The summed E-state index contributed by atoms with van der Waals surface area (Å²) >= 11 is 6.15. The van der Waals surface area contributed by atoms with Crippen molar-refractivity contribution in [2.75, 3.05) is 65.6 Å².